The van der Waals surface area contributed by atoms with Gasteiger partial charge in [0, 0.05) is 12.3 Å². The highest BCUT2D eigenvalue weighted by Crippen LogP contribution is 2.57. The van der Waals surface area contributed by atoms with Crippen LogP contribution in [0.3, 0.4) is 0 Å². The van der Waals surface area contributed by atoms with Crippen molar-refractivity contribution in [2.24, 2.45) is 11.8 Å². The predicted molar refractivity (Wildman–Crippen MR) is 40.9 cm³/mol. The van der Waals surface area contributed by atoms with Crippen molar-refractivity contribution in [3.05, 3.63) is 12.5 Å². The monoisotopic (exact) mass is 168 g/mol. The standard InChI is InChI=1S/C9H12O3/c10-7-3-6-5-9(8(6)4-7)11-1-2-12-9/h1-2,6-8,10H,3-5H2/t6-,7-,8-/m1/s1. The van der Waals surface area contributed by atoms with Crippen molar-refractivity contribution in [1.82, 2.24) is 0 Å². The molecule has 0 unspecified atom stereocenters. The minimum atomic E-state index is -0.373. The van der Waals surface area contributed by atoms with Crippen LogP contribution in [-0.2, 0) is 9.47 Å². The Morgan fingerprint density at radius 1 is 1.25 bits per heavy atom. The lowest BCUT2D eigenvalue weighted by Gasteiger charge is -2.46. The van der Waals surface area contributed by atoms with E-state index in [4.69, 9.17) is 9.47 Å². The Bertz CT molecular complexity index is 228. The Morgan fingerprint density at radius 3 is 2.67 bits per heavy atom. The van der Waals surface area contributed by atoms with Gasteiger partial charge in [-0.1, -0.05) is 0 Å². The van der Waals surface area contributed by atoms with Crippen LogP contribution < -0.4 is 0 Å². The van der Waals surface area contributed by atoms with E-state index < -0.39 is 0 Å². The zero-order valence-electron chi connectivity index (χ0n) is 6.77. The van der Waals surface area contributed by atoms with Gasteiger partial charge in [-0.15, -0.1) is 0 Å². The van der Waals surface area contributed by atoms with Crippen molar-refractivity contribution in [2.45, 2.75) is 31.2 Å². The molecule has 1 N–H and O–H groups in total. The van der Waals surface area contributed by atoms with Crippen LogP contribution in [-0.4, -0.2) is 17.0 Å². The molecule has 3 atom stereocenters. The minimum Gasteiger partial charge on any atom is -0.456 e. The normalized spacial score (nSPS) is 46.6. The minimum absolute atomic E-state index is 0.132. The topological polar surface area (TPSA) is 38.7 Å². The molecule has 0 aromatic heterocycles. The van der Waals surface area contributed by atoms with Crippen LogP contribution in [0, 0.1) is 11.8 Å². The van der Waals surface area contributed by atoms with Crippen LogP contribution in [0.4, 0.5) is 0 Å². The van der Waals surface area contributed by atoms with Gasteiger partial charge in [0.1, 0.15) is 12.5 Å². The highest BCUT2D eigenvalue weighted by atomic mass is 16.7. The third kappa shape index (κ3) is 0.654. The number of hydrogen-bond acceptors (Lipinski definition) is 3. The van der Waals surface area contributed by atoms with Crippen LogP contribution in [0.5, 0.6) is 0 Å². The molecule has 3 aliphatic rings. The zero-order valence-corrected chi connectivity index (χ0v) is 6.77. The van der Waals surface area contributed by atoms with Crippen molar-refractivity contribution in [1.29, 1.82) is 0 Å². The summed E-state index contributed by atoms with van der Waals surface area (Å²) in [5.41, 5.74) is 0. The van der Waals surface area contributed by atoms with E-state index in [9.17, 15) is 5.11 Å². The average Bonchev–Trinajstić information content (AvgIpc) is 2.57. The fourth-order valence-corrected chi connectivity index (χ4v) is 2.80. The van der Waals surface area contributed by atoms with Crippen LogP contribution in [0.1, 0.15) is 19.3 Å². The molecule has 2 fully saturated rings. The van der Waals surface area contributed by atoms with E-state index in [-0.39, 0.29) is 11.9 Å². The molecule has 0 aromatic carbocycles. The molecule has 3 heteroatoms. The number of rotatable bonds is 0. The molecular formula is C9H12O3. The molecule has 0 amide bonds. The van der Waals surface area contributed by atoms with Gasteiger partial charge in [0.2, 0.25) is 0 Å². The van der Waals surface area contributed by atoms with E-state index in [2.05, 4.69) is 0 Å². The molecule has 66 valence electrons. The van der Waals surface area contributed by atoms with Crippen molar-refractivity contribution in [3.63, 3.8) is 0 Å². The van der Waals surface area contributed by atoms with Crippen LogP contribution in [0.15, 0.2) is 12.5 Å². The predicted octanol–water partition coefficient (Wildman–Crippen LogP) is 0.992. The summed E-state index contributed by atoms with van der Waals surface area (Å²) in [6.45, 7) is 0. The largest absolute Gasteiger partial charge is 0.456 e. The Balaban J connectivity index is 1.79. The molecule has 1 aliphatic heterocycles. The molecule has 1 spiro atoms. The number of aliphatic hydroxyl groups excluding tert-OH is 1. The van der Waals surface area contributed by atoms with Gasteiger partial charge in [-0.2, -0.15) is 0 Å². The zero-order chi connectivity index (χ0) is 8.18. The fourth-order valence-electron chi connectivity index (χ4n) is 2.80. The Labute approximate surface area is 71.0 Å². The number of aliphatic hydroxyl groups is 1. The third-order valence-electron chi connectivity index (χ3n) is 3.37. The average molecular weight is 168 g/mol. The second-order valence-corrected chi connectivity index (χ2v) is 4.02. The van der Waals surface area contributed by atoms with Gasteiger partial charge in [0.05, 0.1) is 6.10 Å². The molecule has 2 saturated carbocycles. The van der Waals surface area contributed by atoms with Crippen LogP contribution in [0.2, 0.25) is 0 Å². The van der Waals surface area contributed by atoms with Gasteiger partial charge in [0.25, 0.3) is 5.79 Å². The molecule has 0 aromatic rings. The highest BCUT2D eigenvalue weighted by Gasteiger charge is 2.62. The summed E-state index contributed by atoms with van der Waals surface area (Å²) < 4.78 is 10.8. The van der Waals surface area contributed by atoms with Gasteiger partial charge in [-0.25, -0.2) is 0 Å². The number of fused-ring (bicyclic) bond motifs is 2. The van der Waals surface area contributed by atoms with Crippen molar-refractivity contribution in [3.8, 4) is 0 Å². The van der Waals surface area contributed by atoms with E-state index in [0.29, 0.717) is 11.8 Å². The number of hydrogen-bond donors (Lipinski definition) is 1. The van der Waals surface area contributed by atoms with E-state index >= 15 is 0 Å². The summed E-state index contributed by atoms with van der Waals surface area (Å²) in [6.07, 6.45) is 5.81. The van der Waals surface area contributed by atoms with E-state index in [1.165, 1.54) is 0 Å². The van der Waals surface area contributed by atoms with Crippen LogP contribution in [0.25, 0.3) is 0 Å². The van der Waals surface area contributed by atoms with E-state index in [1.807, 2.05) is 0 Å². The lowest BCUT2D eigenvalue weighted by molar-refractivity contribution is -0.256. The van der Waals surface area contributed by atoms with Crippen LogP contribution >= 0.6 is 0 Å². The molecule has 0 saturated heterocycles. The molecule has 0 radical (unpaired) electrons. The molecular weight excluding hydrogens is 156 g/mol. The summed E-state index contributed by atoms with van der Waals surface area (Å²) in [6, 6.07) is 0. The Hall–Kier alpha value is -0.700. The molecule has 1 heterocycles. The smallest absolute Gasteiger partial charge is 0.253 e. The Morgan fingerprint density at radius 2 is 2.00 bits per heavy atom. The maximum Gasteiger partial charge on any atom is 0.253 e. The van der Waals surface area contributed by atoms with Crippen molar-refractivity contribution >= 4 is 0 Å². The lowest BCUT2D eigenvalue weighted by Crippen LogP contribution is -2.52. The van der Waals surface area contributed by atoms with Gasteiger partial charge < -0.3 is 14.6 Å². The fraction of sp³-hybridized carbons (Fsp3) is 0.778. The van der Waals surface area contributed by atoms with Gasteiger partial charge in [-0.3, -0.25) is 0 Å². The molecule has 3 nitrogen and oxygen atoms in total. The molecule has 0 bridgehead atoms. The second kappa shape index (κ2) is 1.96. The molecule has 12 heavy (non-hydrogen) atoms. The second-order valence-electron chi connectivity index (χ2n) is 4.02. The molecule has 2 aliphatic carbocycles. The summed E-state index contributed by atoms with van der Waals surface area (Å²) >= 11 is 0. The summed E-state index contributed by atoms with van der Waals surface area (Å²) in [5, 5.41) is 9.42. The Kier molecular flexibility index (Phi) is 1.11. The maximum atomic E-state index is 9.42. The first kappa shape index (κ1) is 6.78. The highest BCUT2D eigenvalue weighted by molar-refractivity contribution is 5.06. The van der Waals surface area contributed by atoms with Gasteiger partial charge >= 0.3 is 0 Å². The summed E-state index contributed by atoms with van der Waals surface area (Å²) in [5.74, 6) is 0.671. The summed E-state index contributed by atoms with van der Waals surface area (Å²) in [4.78, 5) is 0. The lowest BCUT2D eigenvalue weighted by atomic mass is 9.70. The third-order valence-corrected chi connectivity index (χ3v) is 3.37. The SMILES string of the molecule is O[C@@H]1C[C@@H]2CC3(OC=CO3)[C@@H]2C1. The number of ether oxygens (including phenoxy) is 2. The van der Waals surface area contributed by atoms with Crippen molar-refractivity contribution in [2.75, 3.05) is 0 Å². The quantitative estimate of drug-likeness (QED) is 0.586. The first-order valence-corrected chi connectivity index (χ1v) is 4.49. The molecule has 3 rings (SSSR count). The first-order valence-electron chi connectivity index (χ1n) is 4.49. The van der Waals surface area contributed by atoms with E-state index in [1.54, 1.807) is 12.5 Å². The van der Waals surface area contributed by atoms with Gasteiger partial charge in [0.15, 0.2) is 0 Å². The first-order chi connectivity index (χ1) is 5.80. The van der Waals surface area contributed by atoms with E-state index in [0.717, 1.165) is 19.3 Å². The summed E-state index contributed by atoms with van der Waals surface area (Å²) in [7, 11) is 0. The van der Waals surface area contributed by atoms with Gasteiger partial charge in [-0.05, 0) is 18.8 Å². The maximum absolute atomic E-state index is 9.42. The van der Waals surface area contributed by atoms with Crippen molar-refractivity contribution < 1.29 is 14.6 Å².